The second-order valence-electron chi connectivity index (χ2n) is 8.95. The summed E-state index contributed by atoms with van der Waals surface area (Å²) in [6.07, 6.45) is 7.45. The number of amides is 1. The molecule has 1 amide bonds. The van der Waals surface area contributed by atoms with Gasteiger partial charge in [-0.1, -0.05) is 41.4 Å². The number of hydrogen-bond donors (Lipinski definition) is 1. The summed E-state index contributed by atoms with van der Waals surface area (Å²) in [6.45, 7) is 0.767. The van der Waals surface area contributed by atoms with Crippen molar-refractivity contribution in [2.75, 3.05) is 31.3 Å². The van der Waals surface area contributed by atoms with Gasteiger partial charge in [-0.2, -0.15) is 0 Å². The molecular weight excluding hydrogens is 495 g/mol. The van der Waals surface area contributed by atoms with E-state index in [0.29, 0.717) is 33.1 Å². The van der Waals surface area contributed by atoms with Crippen LogP contribution in [0.2, 0.25) is 10.2 Å². The number of carbonyl (C=O) groups excluding carboxylic acids is 1. The molecule has 5 rings (SSSR count). The summed E-state index contributed by atoms with van der Waals surface area (Å²) in [4.78, 5) is 25.2. The van der Waals surface area contributed by atoms with Crippen LogP contribution in [0.1, 0.15) is 12.8 Å². The van der Waals surface area contributed by atoms with Crippen LogP contribution in [0.25, 0.3) is 27.8 Å². The summed E-state index contributed by atoms with van der Waals surface area (Å²) in [5.74, 6) is 0.258. The molecule has 2 heterocycles. The number of nitrogens with two attached hydrogens (primary N) is 1. The first kappa shape index (κ1) is 24.3. The van der Waals surface area contributed by atoms with Crippen molar-refractivity contribution in [3.8, 4) is 16.8 Å². The van der Waals surface area contributed by atoms with Crippen molar-refractivity contribution in [2.45, 2.75) is 18.9 Å². The molecule has 0 unspecified atom stereocenters. The van der Waals surface area contributed by atoms with Crippen LogP contribution in [-0.2, 0) is 4.79 Å². The van der Waals surface area contributed by atoms with E-state index < -0.39 is 0 Å². The average Bonchev–Trinajstić information content (AvgIpc) is 3.68. The number of fused-ring (bicyclic) bond motifs is 1. The lowest BCUT2D eigenvalue weighted by Crippen LogP contribution is -2.25. The fourth-order valence-corrected chi connectivity index (χ4v) is 4.78. The van der Waals surface area contributed by atoms with Gasteiger partial charge in [-0.15, -0.1) is 0 Å². The topological polar surface area (TPSA) is 80.3 Å². The second-order valence-corrected chi connectivity index (χ2v) is 9.75. The molecule has 36 heavy (non-hydrogen) atoms. The van der Waals surface area contributed by atoms with Crippen LogP contribution in [0.5, 0.6) is 0 Å². The van der Waals surface area contributed by atoms with Gasteiger partial charge in [0, 0.05) is 47.7 Å². The zero-order valence-electron chi connectivity index (χ0n) is 20.0. The van der Waals surface area contributed by atoms with Crippen molar-refractivity contribution >= 4 is 51.6 Å². The van der Waals surface area contributed by atoms with E-state index in [-0.39, 0.29) is 5.91 Å². The van der Waals surface area contributed by atoms with Gasteiger partial charge in [0.05, 0.1) is 5.39 Å². The van der Waals surface area contributed by atoms with Crippen molar-refractivity contribution in [2.24, 2.45) is 0 Å². The molecule has 0 spiro atoms. The third-order valence-electron chi connectivity index (χ3n) is 6.50. The number of carbonyl (C=O) groups is 1. The van der Waals surface area contributed by atoms with Gasteiger partial charge in [0.25, 0.3) is 0 Å². The number of rotatable bonds is 7. The molecule has 0 radical (unpaired) electrons. The first-order valence-electron chi connectivity index (χ1n) is 11.7. The summed E-state index contributed by atoms with van der Waals surface area (Å²) in [7, 11) is 3.85. The van der Waals surface area contributed by atoms with E-state index in [0.717, 1.165) is 29.0 Å². The molecule has 1 aliphatic rings. The van der Waals surface area contributed by atoms with Gasteiger partial charge in [-0.3, -0.25) is 14.3 Å². The van der Waals surface area contributed by atoms with E-state index in [9.17, 15) is 4.79 Å². The van der Waals surface area contributed by atoms with Gasteiger partial charge >= 0.3 is 0 Å². The van der Waals surface area contributed by atoms with Crippen LogP contribution in [0.3, 0.4) is 0 Å². The minimum atomic E-state index is -0.0815. The van der Waals surface area contributed by atoms with E-state index in [2.05, 4.69) is 21.9 Å². The Labute approximate surface area is 219 Å². The summed E-state index contributed by atoms with van der Waals surface area (Å²) in [6, 6.07) is 15.6. The summed E-state index contributed by atoms with van der Waals surface area (Å²) < 4.78 is 1.83. The molecule has 0 aliphatic heterocycles. The highest BCUT2D eigenvalue weighted by Crippen LogP contribution is 2.41. The minimum Gasteiger partial charge on any atom is -0.383 e. The van der Waals surface area contributed by atoms with Crippen molar-refractivity contribution in [3.63, 3.8) is 0 Å². The molecule has 1 aliphatic carbocycles. The molecule has 1 fully saturated rings. The van der Waals surface area contributed by atoms with Gasteiger partial charge in [0.1, 0.15) is 17.3 Å². The first-order valence-corrected chi connectivity index (χ1v) is 12.4. The monoisotopic (exact) mass is 520 g/mol. The smallest absolute Gasteiger partial charge is 0.250 e. The highest BCUT2D eigenvalue weighted by Gasteiger charge is 2.25. The maximum absolute atomic E-state index is 12.7. The normalized spacial score (nSPS) is 13.7. The Bertz CT molecular complexity index is 1440. The summed E-state index contributed by atoms with van der Waals surface area (Å²) in [5.41, 5.74) is 10.00. The Kier molecular flexibility index (Phi) is 6.71. The summed E-state index contributed by atoms with van der Waals surface area (Å²) >= 11 is 13.0. The predicted octanol–water partition coefficient (Wildman–Crippen LogP) is 5.59. The zero-order chi connectivity index (χ0) is 25.4. The van der Waals surface area contributed by atoms with Crippen LogP contribution in [0.4, 0.5) is 11.5 Å². The molecule has 0 bridgehead atoms. The summed E-state index contributed by atoms with van der Waals surface area (Å²) in [5, 5.41) is 1.75. The number of anilines is 2. The molecular formula is C27H26Cl2N6O. The van der Waals surface area contributed by atoms with E-state index in [4.69, 9.17) is 28.9 Å². The van der Waals surface area contributed by atoms with E-state index in [1.807, 2.05) is 47.0 Å². The number of aromatic nitrogens is 3. The maximum Gasteiger partial charge on any atom is 0.250 e. The highest BCUT2D eigenvalue weighted by molar-refractivity contribution is 6.35. The van der Waals surface area contributed by atoms with Gasteiger partial charge in [0.15, 0.2) is 5.65 Å². The van der Waals surface area contributed by atoms with Crippen molar-refractivity contribution < 1.29 is 4.79 Å². The van der Waals surface area contributed by atoms with Crippen molar-refractivity contribution in [1.29, 1.82) is 0 Å². The quantitative estimate of drug-likeness (QED) is 0.321. The van der Waals surface area contributed by atoms with Gasteiger partial charge in [-0.05, 0) is 61.9 Å². The predicted molar refractivity (Wildman–Crippen MR) is 147 cm³/mol. The Balaban J connectivity index is 1.45. The highest BCUT2D eigenvalue weighted by atomic mass is 35.5. The van der Waals surface area contributed by atoms with Crippen molar-refractivity contribution in [3.05, 3.63) is 77.2 Å². The number of nitrogen functional groups attached to an aromatic ring is 1. The van der Waals surface area contributed by atoms with E-state index in [1.54, 1.807) is 30.2 Å². The number of hydrogen-bond acceptors (Lipinski definition) is 5. The van der Waals surface area contributed by atoms with Crippen LogP contribution in [-0.4, -0.2) is 52.0 Å². The third-order valence-corrected chi connectivity index (χ3v) is 7.11. The first-order chi connectivity index (χ1) is 17.3. The Morgan fingerprint density at radius 3 is 2.44 bits per heavy atom. The fraction of sp³-hybridized carbons (Fsp3) is 0.222. The zero-order valence-corrected chi connectivity index (χ0v) is 21.5. The van der Waals surface area contributed by atoms with E-state index >= 15 is 0 Å². The molecule has 184 valence electrons. The Hall–Kier alpha value is -3.39. The lowest BCUT2D eigenvalue weighted by atomic mass is 10.1. The average molecular weight is 521 g/mol. The molecule has 1 saturated carbocycles. The fourth-order valence-electron chi connectivity index (χ4n) is 4.27. The lowest BCUT2D eigenvalue weighted by Gasteiger charge is -2.17. The third kappa shape index (κ3) is 4.69. The molecule has 2 N–H and O–H groups in total. The molecule has 0 saturated heterocycles. The maximum atomic E-state index is 12.7. The Morgan fingerprint density at radius 2 is 1.78 bits per heavy atom. The minimum absolute atomic E-state index is 0.0815. The molecule has 9 heteroatoms. The second kappa shape index (κ2) is 9.93. The molecule has 2 aromatic carbocycles. The number of benzene rings is 2. The van der Waals surface area contributed by atoms with Crippen LogP contribution < -0.4 is 10.6 Å². The number of halogens is 2. The largest absolute Gasteiger partial charge is 0.383 e. The lowest BCUT2D eigenvalue weighted by molar-refractivity contribution is -0.113. The molecule has 0 atom stereocenters. The molecule has 7 nitrogen and oxygen atoms in total. The Morgan fingerprint density at radius 1 is 1.08 bits per heavy atom. The van der Waals surface area contributed by atoms with Crippen LogP contribution >= 0.6 is 23.2 Å². The van der Waals surface area contributed by atoms with Crippen molar-refractivity contribution in [1.82, 2.24) is 19.4 Å². The van der Waals surface area contributed by atoms with Crippen LogP contribution in [0.15, 0.2) is 67.0 Å². The van der Waals surface area contributed by atoms with Gasteiger partial charge in [0.2, 0.25) is 5.91 Å². The SMILES string of the molecule is CN(C(=O)C=CCN(C)C1CC1)c1ccc(-n2c(Cl)c(-c3ccc(Cl)cc3)c3c(N)ncnc32)cc1. The van der Waals surface area contributed by atoms with Gasteiger partial charge < -0.3 is 10.6 Å². The van der Waals surface area contributed by atoms with Gasteiger partial charge in [-0.25, -0.2) is 9.97 Å². The molecule has 2 aromatic heterocycles. The standard InChI is InChI=1S/C27H26Cl2N6O/c1-33(19-9-10-19)15-3-4-22(36)34(2)20-11-13-21(14-12-20)35-25(29)23(17-5-7-18(28)8-6-17)24-26(30)31-16-32-27(24)35/h3-8,11-14,16,19H,9-10,15H2,1-2H3,(H2,30,31,32). The molecule has 4 aromatic rings. The number of nitrogens with zero attached hydrogens (tertiary/aromatic N) is 5. The number of likely N-dealkylation sites (N-methyl/N-ethyl adjacent to an activating group) is 2. The van der Waals surface area contributed by atoms with E-state index in [1.165, 1.54) is 19.2 Å². The van der Waals surface area contributed by atoms with Crippen LogP contribution in [0, 0.1) is 0 Å².